The number of aromatic nitrogens is 2. The maximum atomic E-state index is 5.71. The minimum absolute atomic E-state index is 0.533. The van der Waals surface area contributed by atoms with Gasteiger partial charge in [0.15, 0.2) is 0 Å². The molecule has 1 rings (SSSR count). The van der Waals surface area contributed by atoms with Crippen LogP contribution in [0.2, 0.25) is 0 Å². The number of aryl methyl sites for hydroxylation is 1. The number of rotatable bonds is 8. The third kappa shape index (κ3) is 4.35. The van der Waals surface area contributed by atoms with Crippen molar-refractivity contribution in [3.8, 4) is 0 Å². The van der Waals surface area contributed by atoms with E-state index in [0.717, 1.165) is 56.0 Å². The normalized spacial score (nSPS) is 11.2. The molecule has 0 radical (unpaired) electrons. The first-order chi connectivity index (χ1) is 8.74. The van der Waals surface area contributed by atoms with Gasteiger partial charge in [0.05, 0.1) is 0 Å². The quantitative estimate of drug-likeness (QED) is 0.764. The van der Waals surface area contributed by atoms with E-state index >= 15 is 0 Å². The van der Waals surface area contributed by atoms with Gasteiger partial charge < -0.3 is 10.6 Å². The van der Waals surface area contributed by atoms with Crippen LogP contribution in [0, 0.1) is 0 Å². The molecule has 4 nitrogen and oxygen atoms in total. The number of hydrogen-bond acceptors (Lipinski definition) is 4. The van der Waals surface area contributed by atoms with Crippen molar-refractivity contribution in [2.24, 2.45) is 5.73 Å². The predicted octanol–water partition coefficient (Wildman–Crippen LogP) is 1.77. The zero-order chi connectivity index (χ0) is 13.4. The standard InChI is InChI=1S/C14H26N4/c1-4-7-13-12(10-15)11-16-14(17-13)8-9-18(5-2)6-3/h11H,4-10,15H2,1-3H3. The summed E-state index contributed by atoms with van der Waals surface area (Å²) in [6, 6.07) is 0. The second-order valence-corrected chi connectivity index (χ2v) is 4.49. The lowest BCUT2D eigenvalue weighted by Crippen LogP contribution is -2.26. The van der Waals surface area contributed by atoms with Crippen molar-refractivity contribution in [2.45, 2.75) is 46.6 Å². The minimum atomic E-state index is 0.533. The summed E-state index contributed by atoms with van der Waals surface area (Å²) >= 11 is 0. The highest BCUT2D eigenvalue weighted by molar-refractivity contribution is 5.17. The molecular formula is C14H26N4. The maximum absolute atomic E-state index is 5.71. The molecule has 1 aromatic heterocycles. The Morgan fingerprint density at radius 1 is 1.17 bits per heavy atom. The Kier molecular flexibility index (Phi) is 6.83. The molecule has 0 saturated heterocycles. The van der Waals surface area contributed by atoms with Crippen LogP contribution in [0.1, 0.15) is 44.3 Å². The Labute approximate surface area is 111 Å². The third-order valence-corrected chi connectivity index (χ3v) is 3.26. The van der Waals surface area contributed by atoms with Crippen LogP contribution in [-0.4, -0.2) is 34.5 Å². The molecule has 0 amide bonds. The van der Waals surface area contributed by atoms with Gasteiger partial charge >= 0.3 is 0 Å². The lowest BCUT2D eigenvalue weighted by Gasteiger charge is -2.17. The summed E-state index contributed by atoms with van der Waals surface area (Å²) in [6.07, 6.45) is 4.91. The molecule has 0 aliphatic carbocycles. The summed E-state index contributed by atoms with van der Waals surface area (Å²) < 4.78 is 0. The Morgan fingerprint density at radius 3 is 2.44 bits per heavy atom. The van der Waals surface area contributed by atoms with Gasteiger partial charge in [-0.05, 0) is 19.5 Å². The van der Waals surface area contributed by atoms with Crippen molar-refractivity contribution in [2.75, 3.05) is 19.6 Å². The summed E-state index contributed by atoms with van der Waals surface area (Å²) in [5.74, 6) is 0.947. The molecular weight excluding hydrogens is 224 g/mol. The lowest BCUT2D eigenvalue weighted by molar-refractivity contribution is 0.305. The molecule has 2 N–H and O–H groups in total. The minimum Gasteiger partial charge on any atom is -0.326 e. The molecule has 0 aromatic carbocycles. The van der Waals surface area contributed by atoms with Gasteiger partial charge in [0.1, 0.15) is 5.82 Å². The number of hydrogen-bond donors (Lipinski definition) is 1. The Bertz CT molecular complexity index is 348. The third-order valence-electron chi connectivity index (χ3n) is 3.26. The molecule has 18 heavy (non-hydrogen) atoms. The van der Waals surface area contributed by atoms with E-state index in [2.05, 4.69) is 35.6 Å². The van der Waals surface area contributed by atoms with Crippen LogP contribution >= 0.6 is 0 Å². The van der Waals surface area contributed by atoms with Crippen LogP contribution in [-0.2, 0) is 19.4 Å². The molecule has 0 atom stereocenters. The average Bonchev–Trinajstić information content (AvgIpc) is 2.40. The number of likely N-dealkylation sites (N-methyl/N-ethyl adjacent to an activating group) is 1. The second kappa shape index (κ2) is 8.16. The molecule has 1 aromatic rings. The molecule has 0 fully saturated rings. The first-order valence-electron chi connectivity index (χ1n) is 7.01. The Balaban J connectivity index is 2.69. The van der Waals surface area contributed by atoms with Gasteiger partial charge in [-0.15, -0.1) is 0 Å². The van der Waals surface area contributed by atoms with Crippen LogP contribution in [0.3, 0.4) is 0 Å². The van der Waals surface area contributed by atoms with Gasteiger partial charge in [-0.3, -0.25) is 0 Å². The lowest BCUT2D eigenvalue weighted by atomic mass is 10.1. The molecule has 0 aliphatic rings. The van der Waals surface area contributed by atoms with E-state index in [1.54, 1.807) is 0 Å². The fourth-order valence-corrected chi connectivity index (χ4v) is 2.03. The van der Waals surface area contributed by atoms with Gasteiger partial charge in [-0.25, -0.2) is 9.97 Å². The molecule has 102 valence electrons. The first-order valence-corrected chi connectivity index (χ1v) is 7.01. The van der Waals surface area contributed by atoms with E-state index in [1.165, 1.54) is 0 Å². The highest BCUT2D eigenvalue weighted by Gasteiger charge is 2.07. The highest BCUT2D eigenvalue weighted by Crippen LogP contribution is 2.08. The highest BCUT2D eigenvalue weighted by atomic mass is 15.1. The Morgan fingerprint density at radius 2 is 1.89 bits per heavy atom. The number of nitrogens with two attached hydrogens (primary N) is 1. The zero-order valence-corrected chi connectivity index (χ0v) is 11.9. The average molecular weight is 250 g/mol. The SMILES string of the molecule is CCCc1nc(CCN(CC)CC)ncc1CN. The summed E-state index contributed by atoms with van der Waals surface area (Å²) in [5, 5.41) is 0. The van der Waals surface area contributed by atoms with Crippen LogP contribution in [0.4, 0.5) is 0 Å². The molecule has 4 heteroatoms. The monoisotopic (exact) mass is 250 g/mol. The van der Waals surface area contributed by atoms with Gasteiger partial charge in [0.2, 0.25) is 0 Å². The van der Waals surface area contributed by atoms with Crippen molar-refractivity contribution < 1.29 is 0 Å². The van der Waals surface area contributed by atoms with Crippen LogP contribution in [0.15, 0.2) is 6.20 Å². The zero-order valence-electron chi connectivity index (χ0n) is 11.9. The second-order valence-electron chi connectivity index (χ2n) is 4.49. The fraction of sp³-hybridized carbons (Fsp3) is 0.714. The van der Waals surface area contributed by atoms with E-state index in [4.69, 9.17) is 5.73 Å². The van der Waals surface area contributed by atoms with E-state index in [1.807, 2.05) is 6.20 Å². The summed E-state index contributed by atoms with van der Waals surface area (Å²) in [5.41, 5.74) is 7.92. The topological polar surface area (TPSA) is 55.0 Å². The van der Waals surface area contributed by atoms with Crippen molar-refractivity contribution in [3.63, 3.8) is 0 Å². The van der Waals surface area contributed by atoms with Gasteiger partial charge in [-0.2, -0.15) is 0 Å². The summed E-state index contributed by atoms with van der Waals surface area (Å²) in [6.45, 7) is 10.3. The predicted molar refractivity (Wildman–Crippen MR) is 75.4 cm³/mol. The Hall–Kier alpha value is -1.00. The fourth-order valence-electron chi connectivity index (χ4n) is 2.03. The van der Waals surface area contributed by atoms with Gasteiger partial charge in [0, 0.05) is 37.0 Å². The van der Waals surface area contributed by atoms with E-state index in [9.17, 15) is 0 Å². The van der Waals surface area contributed by atoms with Crippen molar-refractivity contribution in [3.05, 3.63) is 23.3 Å². The molecule has 0 bridgehead atoms. The van der Waals surface area contributed by atoms with Crippen LogP contribution in [0.25, 0.3) is 0 Å². The van der Waals surface area contributed by atoms with E-state index in [-0.39, 0.29) is 0 Å². The molecule has 0 saturated carbocycles. The maximum Gasteiger partial charge on any atom is 0.129 e. The first kappa shape index (κ1) is 15.1. The summed E-state index contributed by atoms with van der Waals surface area (Å²) in [7, 11) is 0. The molecule has 0 unspecified atom stereocenters. The van der Waals surface area contributed by atoms with Crippen molar-refractivity contribution in [1.29, 1.82) is 0 Å². The van der Waals surface area contributed by atoms with Crippen LogP contribution in [0.5, 0.6) is 0 Å². The largest absolute Gasteiger partial charge is 0.326 e. The molecule has 0 aliphatic heterocycles. The van der Waals surface area contributed by atoms with E-state index in [0.29, 0.717) is 6.54 Å². The van der Waals surface area contributed by atoms with Gasteiger partial charge in [-0.1, -0.05) is 27.2 Å². The summed E-state index contributed by atoms with van der Waals surface area (Å²) in [4.78, 5) is 11.5. The van der Waals surface area contributed by atoms with Gasteiger partial charge in [0.25, 0.3) is 0 Å². The van der Waals surface area contributed by atoms with Crippen molar-refractivity contribution in [1.82, 2.24) is 14.9 Å². The van der Waals surface area contributed by atoms with E-state index < -0.39 is 0 Å². The molecule has 0 spiro atoms. The molecule has 1 heterocycles. The van der Waals surface area contributed by atoms with Crippen LogP contribution < -0.4 is 5.73 Å². The van der Waals surface area contributed by atoms with Crippen molar-refractivity contribution >= 4 is 0 Å². The smallest absolute Gasteiger partial charge is 0.129 e. The number of nitrogens with zero attached hydrogens (tertiary/aromatic N) is 3.